The number of nitrogens with zero attached hydrogens (tertiary/aromatic N) is 1. The highest BCUT2D eigenvalue weighted by atomic mass is 15.1. The molecule has 3 aliphatic rings. The lowest BCUT2D eigenvalue weighted by atomic mass is 9.66. The van der Waals surface area contributed by atoms with Gasteiger partial charge in [0, 0.05) is 22.5 Å². The predicted molar refractivity (Wildman–Crippen MR) is 193 cm³/mol. The van der Waals surface area contributed by atoms with Crippen LogP contribution in [0.4, 0.5) is 17.1 Å². The molecule has 0 radical (unpaired) electrons. The van der Waals surface area contributed by atoms with E-state index in [-0.39, 0.29) is 5.41 Å². The molecule has 46 heavy (non-hydrogen) atoms. The molecule has 0 amide bonds. The van der Waals surface area contributed by atoms with Gasteiger partial charge < -0.3 is 4.90 Å². The first kappa shape index (κ1) is 26.1. The van der Waals surface area contributed by atoms with E-state index in [1.165, 1.54) is 69.5 Å². The molecule has 7 aromatic carbocycles. The maximum Gasteiger partial charge on any atom is 0.0468 e. The molecule has 0 heterocycles. The molecule has 220 valence electrons. The minimum Gasteiger partial charge on any atom is -0.310 e. The summed E-state index contributed by atoms with van der Waals surface area (Å²) in [5.41, 5.74) is 12.4. The molecule has 0 aliphatic heterocycles. The van der Waals surface area contributed by atoms with Gasteiger partial charge in [0.1, 0.15) is 0 Å². The van der Waals surface area contributed by atoms with Crippen molar-refractivity contribution in [2.75, 3.05) is 4.90 Å². The fourth-order valence-corrected chi connectivity index (χ4v) is 9.55. The summed E-state index contributed by atoms with van der Waals surface area (Å²) in [5.74, 6) is 1.65. The van der Waals surface area contributed by atoms with Crippen LogP contribution in [-0.4, -0.2) is 0 Å². The molecule has 1 nitrogen and oxygen atoms in total. The number of fused-ring (bicyclic) bond motifs is 10. The van der Waals surface area contributed by atoms with E-state index >= 15 is 0 Å². The Morgan fingerprint density at radius 2 is 1.07 bits per heavy atom. The second-order valence-corrected chi connectivity index (χ2v) is 13.8. The molecule has 1 heteroatoms. The van der Waals surface area contributed by atoms with Crippen LogP contribution >= 0.6 is 0 Å². The Morgan fingerprint density at radius 1 is 0.478 bits per heavy atom. The van der Waals surface area contributed by atoms with Crippen LogP contribution in [0.2, 0.25) is 0 Å². The van der Waals surface area contributed by atoms with Crippen molar-refractivity contribution in [2.24, 2.45) is 11.8 Å². The van der Waals surface area contributed by atoms with Gasteiger partial charge in [0.15, 0.2) is 0 Å². The first-order valence-electron chi connectivity index (χ1n) is 16.9. The topological polar surface area (TPSA) is 3.24 Å². The van der Waals surface area contributed by atoms with Crippen molar-refractivity contribution >= 4 is 38.6 Å². The molecule has 7 aromatic rings. The quantitative estimate of drug-likeness (QED) is 0.197. The molecule has 0 N–H and O–H groups in total. The number of hydrogen-bond donors (Lipinski definition) is 0. The lowest BCUT2D eigenvalue weighted by molar-refractivity contribution is 0.327. The summed E-state index contributed by atoms with van der Waals surface area (Å²) in [5, 5.41) is 5.00. The normalized spacial score (nSPS) is 20.8. The van der Waals surface area contributed by atoms with Gasteiger partial charge in [-0.3, -0.25) is 0 Å². The van der Waals surface area contributed by atoms with Crippen LogP contribution in [0.1, 0.15) is 36.8 Å². The highest BCUT2D eigenvalue weighted by molar-refractivity contribution is 5.95. The summed E-state index contributed by atoms with van der Waals surface area (Å²) >= 11 is 0. The Morgan fingerprint density at radius 3 is 1.72 bits per heavy atom. The third-order valence-corrected chi connectivity index (χ3v) is 11.5. The minimum absolute atomic E-state index is 0.202. The van der Waals surface area contributed by atoms with E-state index in [4.69, 9.17) is 0 Å². The zero-order valence-corrected chi connectivity index (χ0v) is 25.9. The van der Waals surface area contributed by atoms with E-state index in [1.807, 2.05) is 0 Å². The standard InChI is InChI=1S/C45H35N/c1-3-10-34-27-38(24-17-31(34)8-1)46(39-25-18-32-9-2-4-11-35(32)28-39)37-22-19-33(20-23-37)40-13-7-15-43-44(40)41-12-5-6-14-42(41)45(43)29-30-16-21-36(45)26-30/h1-15,17-20,22-25,27-28,30,36H,16,21,26,29H2. The van der Waals surface area contributed by atoms with E-state index in [0.29, 0.717) is 0 Å². The van der Waals surface area contributed by atoms with Gasteiger partial charge in [0.25, 0.3) is 0 Å². The van der Waals surface area contributed by atoms with Crippen molar-refractivity contribution < 1.29 is 0 Å². The molecule has 2 bridgehead atoms. The molecular formula is C45H35N. The Labute approximate surface area is 270 Å². The average molecular weight is 590 g/mol. The number of anilines is 3. The van der Waals surface area contributed by atoms with Crippen LogP contribution in [0, 0.1) is 11.8 Å². The van der Waals surface area contributed by atoms with Gasteiger partial charge in [-0.2, -0.15) is 0 Å². The van der Waals surface area contributed by atoms with Crippen LogP contribution in [0.5, 0.6) is 0 Å². The third-order valence-electron chi connectivity index (χ3n) is 11.5. The first-order valence-corrected chi connectivity index (χ1v) is 16.9. The molecular weight excluding hydrogens is 555 g/mol. The minimum atomic E-state index is 0.202. The summed E-state index contributed by atoms with van der Waals surface area (Å²) in [6.07, 6.45) is 5.50. The highest BCUT2D eigenvalue weighted by Crippen LogP contribution is 2.66. The zero-order valence-electron chi connectivity index (χ0n) is 25.9. The number of benzene rings is 7. The maximum atomic E-state index is 2.45. The van der Waals surface area contributed by atoms with Crippen molar-refractivity contribution in [3.63, 3.8) is 0 Å². The van der Waals surface area contributed by atoms with Gasteiger partial charge in [-0.05, 0) is 122 Å². The van der Waals surface area contributed by atoms with Gasteiger partial charge in [-0.1, -0.05) is 122 Å². The molecule has 10 rings (SSSR count). The highest BCUT2D eigenvalue weighted by Gasteiger charge is 2.56. The van der Waals surface area contributed by atoms with Gasteiger partial charge in [0.05, 0.1) is 0 Å². The largest absolute Gasteiger partial charge is 0.310 e. The molecule has 1 spiro atoms. The van der Waals surface area contributed by atoms with Crippen LogP contribution < -0.4 is 4.90 Å². The summed E-state index contributed by atoms with van der Waals surface area (Å²) < 4.78 is 0. The Balaban J connectivity index is 1.11. The van der Waals surface area contributed by atoms with E-state index < -0.39 is 0 Å². The lowest BCUT2D eigenvalue weighted by Crippen LogP contribution is -2.31. The van der Waals surface area contributed by atoms with E-state index in [9.17, 15) is 0 Å². The molecule has 0 aromatic heterocycles. The van der Waals surface area contributed by atoms with Gasteiger partial charge >= 0.3 is 0 Å². The monoisotopic (exact) mass is 589 g/mol. The zero-order chi connectivity index (χ0) is 30.2. The van der Waals surface area contributed by atoms with Crippen molar-refractivity contribution in [1.82, 2.24) is 0 Å². The molecule has 3 unspecified atom stereocenters. The van der Waals surface area contributed by atoms with E-state index in [0.717, 1.165) is 28.9 Å². The summed E-state index contributed by atoms with van der Waals surface area (Å²) in [4.78, 5) is 2.40. The molecule has 2 saturated carbocycles. The number of rotatable bonds is 4. The van der Waals surface area contributed by atoms with Gasteiger partial charge in [-0.25, -0.2) is 0 Å². The summed E-state index contributed by atoms with van der Waals surface area (Å²) in [6.45, 7) is 0. The average Bonchev–Trinajstić information content (AvgIpc) is 3.82. The second kappa shape index (κ2) is 9.93. The van der Waals surface area contributed by atoms with E-state index in [1.54, 1.807) is 11.1 Å². The van der Waals surface area contributed by atoms with Crippen molar-refractivity contribution in [3.8, 4) is 22.3 Å². The fraction of sp³-hybridized carbons (Fsp3) is 0.156. The molecule has 0 saturated heterocycles. The van der Waals surface area contributed by atoms with Crippen LogP contribution in [-0.2, 0) is 5.41 Å². The smallest absolute Gasteiger partial charge is 0.0468 e. The predicted octanol–water partition coefficient (Wildman–Crippen LogP) is 12.2. The maximum absolute atomic E-state index is 2.45. The van der Waals surface area contributed by atoms with Crippen molar-refractivity contribution in [2.45, 2.75) is 31.1 Å². The lowest BCUT2D eigenvalue weighted by Gasteiger charge is -2.36. The summed E-state index contributed by atoms with van der Waals surface area (Å²) in [7, 11) is 0. The second-order valence-electron chi connectivity index (χ2n) is 13.8. The SMILES string of the molecule is c1ccc2c(c1)-c1c(-c3ccc(N(c4ccc5ccccc5c4)c4ccc5ccccc5c4)cc3)cccc1C21CC2CCC1C2. The summed E-state index contributed by atoms with van der Waals surface area (Å²) in [6, 6.07) is 56.6. The van der Waals surface area contributed by atoms with Crippen molar-refractivity contribution in [3.05, 3.63) is 163 Å². The van der Waals surface area contributed by atoms with Crippen LogP contribution in [0.25, 0.3) is 43.8 Å². The van der Waals surface area contributed by atoms with Crippen LogP contribution in [0.15, 0.2) is 152 Å². The molecule has 3 atom stereocenters. The van der Waals surface area contributed by atoms with Gasteiger partial charge in [0.2, 0.25) is 0 Å². The Bertz CT molecular complexity index is 2220. The Hall–Kier alpha value is -5.14. The van der Waals surface area contributed by atoms with E-state index in [2.05, 4.69) is 157 Å². The van der Waals surface area contributed by atoms with Crippen LogP contribution in [0.3, 0.4) is 0 Å². The first-order chi connectivity index (χ1) is 22.8. The number of hydrogen-bond acceptors (Lipinski definition) is 1. The fourth-order valence-electron chi connectivity index (χ4n) is 9.55. The molecule has 2 fully saturated rings. The molecule has 3 aliphatic carbocycles. The Kier molecular flexibility index (Phi) is 5.64. The van der Waals surface area contributed by atoms with Crippen molar-refractivity contribution in [1.29, 1.82) is 0 Å². The van der Waals surface area contributed by atoms with Gasteiger partial charge in [-0.15, -0.1) is 0 Å². The third kappa shape index (κ3) is 3.75.